The van der Waals surface area contributed by atoms with E-state index >= 15 is 0 Å². The summed E-state index contributed by atoms with van der Waals surface area (Å²) in [6.07, 6.45) is -9.36. The van der Waals surface area contributed by atoms with E-state index in [4.69, 9.17) is 37.9 Å². The zero-order valence-corrected chi connectivity index (χ0v) is 36.5. The molecule has 338 valence electrons. The minimum Gasteiger partial charge on any atom is -0.462 e. The van der Waals surface area contributed by atoms with Gasteiger partial charge in [-0.25, -0.2) is 0 Å². The summed E-state index contributed by atoms with van der Waals surface area (Å²) < 4.78 is 48.3. The Balaban J connectivity index is 1.98. The van der Waals surface area contributed by atoms with Crippen molar-refractivity contribution in [3.63, 3.8) is 0 Å². The van der Waals surface area contributed by atoms with Crippen molar-refractivity contribution in [3.05, 3.63) is 12.2 Å². The molecule has 0 aromatic heterocycles. The van der Waals surface area contributed by atoms with E-state index in [0.29, 0.717) is 6.29 Å². The first-order valence-electron chi connectivity index (χ1n) is 20.7. The lowest BCUT2D eigenvalue weighted by Crippen LogP contribution is -2.66. The van der Waals surface area contributed by atoms with Crippen LogP contribution in [0.5, 0.6) is 0 Å². The number of methoxy groups -OCH3 is 1. The van der Waals surface area contributed by atoms with Crippen LogP contribution in [0.4, 0.5) is 0 Å². The number of aliphatic hydroxyl groups is 3. The van der Waals surface area contributed by atoms with Crippen molar-refractivity contribution in [2.45, 2.75) is 186 Å². The van der Waals surface area contributed by atoms with Gasteiger partial charge in [-0.05, 0) is 60.0 Å². The zero-order chi connectivity index (χ0) is 44.4. The summed E-state index contributed by atoms with van der Waals surface area (Å²) in [6.45, 7) is 13.2. The number of aliphatic hydroxyl groups excluding tert-OH is 2. The lowest BCUT2D eigenvalue weighted by atomic mass is 9.82. The Labute approximate surface area is 348 Å². The number of cyclic esters (lactones) is 1. The smallest absolute Gasteiger partial charge is 0.309 e. The number of hydrogen-bond donors (Lipinski definition) is 3. The number of ketones is 1. The topological polar surface area (TPSA) is 223 Å². The second-order valence-corrected chi connectivity index (χ2v) is 17.2. The van der Waals surface area contributed by atoms with E-state index in [1.54, 1.807) is 59.7 Å². The van der Waals surface area contributed by atoms with Crippen LogP contribution >= 0.6 is 0 Å². The maximum absolute atomic E-state index is 13.3. The van der Waals surface area contributed by atoms with E-state index in [0.717, 1.165) is 6.92 Å². The van der Waals surface area contributed by atoms with Crippen LogP contribution in [0.15, 0.2) is 12.2 Å². The molecule has 0 saturated carbocycles. The summed E-state index contributed by atoms with van der Waals surface area (Å²) in [5.74, 6) is -3.46. The number of aldehydes is 1. The van der Waals surface area contributed by atoms with Gasteiger partial charge in [-0.1, -0.05) is 32.9 Å². The van der Waals surface area contributed by atoms with Crippen molar-refractivity contribution in [2.24, 2.45) is 17.8 Å². The Kier molecular flexibility index (Phi) is 19.5. The average molecular weight is 844 g/mol. The number of likely N-dealkylation sites (N-methyl/N-ethyl adjacent to an activating group) is 1. The minimum atomic E-state index is -1.52. The van der Waals surface area contributed by atoms with Gasteiger partial charge in [0.15, 0.2) is 18.7 Å². The number of carbonyl (C=O) groups excluding carboxylic acids is 5. The third-order valence-corrected chi connectivity index (χ3v) is 11.1. The number of hydrogen-bond acceptors (Lipinski definition) is 17. The normalized spacial score (nSPS) is 40.0. The lowest BCUT2D eigenvalue weighted by molar-refractivity contribution is -0.344. The highest BCUT2D eigenvalue weighted by Gasteiger charge is 2.53. The van der Waals surface area contributed by atoms with Crippen molar-refractivity contribution < 1.29 is 77.2 Å². The van der Waals surface area contributed by atoms with Crippen LogP contribution in [-0.4, -0.2) is 157 Å². The number of rotatable bonds is 12. The first-order valence-corrected chi connectivity index (χ1v) is 20.7. The molecule has 0 spiro atoms. The molecule has 0 aromatic carbocycles. The summed E-state index contributed by atoms with van der Waals surface area (Å²) in [4.78, 5) is 65.6. The molecule has 0 aliphatic carbocycles. The first kappa shape index (κ1) is 50.5. The van der Waals surface area contributed by atoms with Crippen molar-refractivity contribution in [1.29, 1.82) is 0 Å². The Morgan fingerprint density at radius 3 is 2.25 bits per heavy atom. The van der Waals surface area contributed by atoms with Crippen molar-refractivity contribution >= 4 is 30.0 Å². The van der Waals surface area contributed by atoms with Crippen LogP contribution in [0.3, 0.4) is 0 Å². The highest BCUT2D eigenvalue weighted by molar-refractivity contribution is 5.82. The quantitative estimate of drug-likeness (QED) is 0.111. The fraction of sp³-hybridized carbons (Fsp3) is 0.833. The molecule has 0 bridgehead atoms. The van der Waals surface area contributed by atoms with Gasteiger partial charge in [0.1, 0.15) is 48.2 Å². The van der Waals surface area contributed by atoms with Crippen molar-refractivity contribution in [2.75, 3.05) is 21.2 Å². The van der Waals surface area contributed by atoms with Crippen LogP contribution < -0.4 is 0 Å². The molecule has 16 atom stereocenters. The Hall–Kier alpha value is -2.87. The number of ether oxygens (including phenoxy) is 8. The second-order valence-electron chi connectivity index (χ2n) is 17.2. The van der Waals surface area contributed by atoms with E-state index in [1.807, 2.05) is 13.8 Å². The number of nitrogens with zero attached hydrogens (tertiary/aromatic N) is 1. The largest absolute Gasteiger partial charge is 0.462 e. The van der Waals surface area contributed by atoms with Gasteiger partial charge in [-0.3, -0.25) is 19.2 Å². The summed E-state index contributed by atoms with van der Waals surface area (Å²) >= 11 is 0. The predicted molar refractivity (Wildman–Crippen MR) is 210 cm³/mol. The molecule has 17 heteroatoms. The van der Waals surface area contributed by atoms with Crippen LogP contribution in [0.25, 0.3) is 0 Å². The number of allylic oxidation sites excluding steroid dienone is 1. The summed E-state index contributed by atoms with van der Waals surface area (Å²) in [5, 5.41) is 34.0. The van der Waals surface area contributed by atoms with E-state index < -0.39 is 121 Å². The van der Waals surface area contributed by atoms with Gasteiger partial charge in [0.2, 0.25) is 0 Å². The highest BCUT2D eigenvalue weighted by Crippen LogP contribution is 2.38. The first-order chi connectivity index (χ1) is 27.6. The third kappa shape index (κ3) is 14.6. The number of carbonyl (C=O) groups is 5. The molecular formula is C42H69NO16. The number of Topliss-reactive ketones (excluding diaryl/α,β-unsaturated/α-hetero) is 1. The summed E-state index contributed by atoms with van der Waals surface area (Å²) in [6, 6.07) is -0.811. The predicted octanol–water partition coefficient (Wildman–Crippen LogP) is 2.42. The maximum atomic E-state index is 13.3. The molecule has 17 nitrogen and oxygen atoms in total. The number of esters is 3. The molecule has 3 aliphatic rings. The average Bonchev–Trinajstić information content (AvgIpc) is 3.10. The molecular weight excluding hydrogens is 774 g/mol. The van der Waals surface area contributed by atoms with E-state index in [9.17, 15) is 39.3 Å². The van der Waals surface area contributed by atoms with Crippen LogP contribution in [0.2, 0.25) is 0 Å². The van der Waals surface area contributed by atoms with Gasteiger partial charge < -0.3 is 62.9 Å². The molecule has 0 amide bonds. The Morgan fingerprint density at radius 2 is 1.68 bits per heavy atom. The second kappa shape index (κ2) is 22.8. The fourth-order valence-corrected chi connectivity index (χ4v) is 8.29. The highest BCUT2D eigenvalue weighted by atomic mass is 16.7. The van der Waals surface area contributed by atoms with Gasteiger partial charge in [0.05, 0.1) is 36.9 Å². The standard InChI is InChI=1S/C42H69NO16/c1-22(2)17-32(48)57-40-26(6)54-34(21-42(40,8)51)58-37-25(5)55-41(36(50)35(37)43(9)10)59-38-28(15-16-44)18-23(3)30(47)14-12-13-29(46)19-24(4)53-33(49)20-31(39(38)52-11)56-27(7)45/h12-13,16,22-26,28-29,31,34-41,46,50-51H,14-15,17-21H2,1-11H3/b13-12+/t23-,24-,25+,26-,28-,29+,31+,34-,35+,36+,37-,38-,39-,40-,41-,42+/m0/s1. The van der Waals surface area contributed by atoms with Crippen LogP contribution in [0.1, 0.15) is 100 Å². The van der Waals surface area contributed by atoms with E-state index in [2.05, 4.69) is 0 Å². The van der Waals surface area contributed by atoms with Crippen LogP contribution in [-0.2, 0) is 61.9 Å². The summed E-state index contributed by atoms with van der Waals surface area (Å²) in [7, 11) is 4.78. The van der Waals surface area contributed by atoms with Gasteiger partial charge in [0.25, 0.3) is 0 Å². The van der Waals surface area contributed by atoms with E-state index in [1.165, 1.54) is 13.2 Å². The van der Waals surface area contributed by atoms with Crippen molar-refractivity contribution in [1.82, 2.24) is 4.90 Å². The molecule has 59 heavy (non-hydrogen) atoms. The summed E-state index contributed by atoms with van der Waals surface area (Å²) in [5.41, 5.74) is -1.52. The minimum absolute atomic E-state index is 0.00771. The van der Waals surface area contributed by atoms with Crippen LogP contribution in [0, 0.1) is 17.8 Å². The third-order valence-electron chi connectivity index (χ3n) is 11.1. The van der Waals surface area contributed by atoms with Gasteiger partial charge in [-0.2, -0.15) is 0 Å². The lowest BCUT2D eigenvalue weighted by Gasteiger charge is -2.50. The molecule has 3 N–H and O–H groups in total. The Bertz CT molecular complexity index is 1420. The molecule has 0 aromatic rings. The zero-order valence-electron chi connectivity index (χ0n) is 36.5. The maximum Gasteiger partial charge on any atom is 0.309 e. The SMILES string of the molecule is CO[C@@H]1[C@@H](O[C@@H]2O[C@H](C)[C@H](O[C@H]3C[C@@](C)(O)[C@@H](OC(=O)CC(C)C)[C@H](C)O3)[C@H](N(C)C)[C@H]2O)[C@@H](CC=O)C[C@H](C)C(=O)C/C=C/[C@@H](O)C[C@H](C)OC(=O)C[C@H]1OC(C)=O. The van der Waals surface area contributed by atoms with E-state index in [-0.39, 0.29) is 50.2 Å². The van der Waals surface area contributed by atoms with Gasteiger partial charge in [0, 0.05) is 52.1 Å². The molecule has 2 fully saturated rings. The molecule has 2 saturated heterocycles. The molecule has 3 heterocycles. The molecule has 3 rings (SSSR count). The van der Waals surface area contributed by atoms with Gasteiger partial charge >= 0.3 is 17.9 Å². The fourth-order valence-electron chi connectivity index (χ4n) is 8.29. The monoisotopic (exact) mass is 843 g/mol. The van der Waals surface area contributed by atoms with Crippen molar-refractivity contribution in [3.8, 4) is 0 Å². The molecule has 0 radical (unpaired) electrons. The molecule has 3 aliphatic heterocycles. The van der Waals surface area contributed by atoms with Gasteiger partial charge in [-0.15, -0.1) is 0 Å². The Morgan fingerprint density at radius 1 is 1.00 bits per heavy atom. The molecule has 0 unspecified atom stereocenters.